The Morgan fingerprint density at radius 2 is 1.79 bits per heavy atom. The molecule has 2 rings (SSSR count). The topological polar surface area (TPSA) is 67.9 Å². The van der Waals surface area contributed by atoms with Gasteiger partial charge in [0.2, 0.25) is 5.91 Å². The predicted molar refractivity (Wildman–Crippen MR) is 108 cm³/mol. The molecule has 2 aromatic rings. The van der Waals surface area contributed by atoms with Crippen LogP contribution in [0.1, 0.15) is 12.5 Å². The highest BCUT2D eigenvalue weighted by Crippen LogP contribution is 2.15. The maximum atomic E-state index is 12.8. The molecule has 1 atom stereocenters. The maximum Gasteiger partial charge on any atom is 0.261 e. The monoisotopic (exact) mass is 382 g/mol. The Kier molecular flexibility index (Phi) is 8.09. The van der Waals surface area contributed by atoms with Crippen molar-refractivity contribution in [2.45, 2.75) is 19.5 Å². The summed E-state index contributed by atoms with van der Waals surface area (Å²) < 4.78 is 10.7. The summed E-state index contributed by atoms with van der Waals surface area (Å²) in [4.78, 5) is 26.7. The number of ether oxygens (including phenoxy) is 2. The van der Waals surface area contributed by atoms with E-state index in [0.29, 0.717) is 12.3 Å². The second-order valence-corrected chi connectivity index (χ2v) is 6.18. The number of carbonyl (C=O) groups is 2. The number of carbonyl (C=O) groups excluding carboxylic acids is 2. The number of para-hydroxylation sites is 1. The van der Waals surface area contributed by atoms with Gasteiger partial charge in [0.05, 0.1) is 7.11 Å². The lowest BCUT2D eigenvalue weighted by Gasteiger charge is -2.28. The summed E-state index contributed by atoms with van der Waals surface area (Å²) in [6.45, 7) is 5.76. The van der Waals surface area contributed by atoms with Crippen molar-refractivity contribution in [3.05, 3.63) is 72.8 Å². The third kappa shape index (κ3) is 6.16. The molecular weight excluding hydrogens is 356 g/mol. The number of hydrogen-bond acceptors (Lipinski definition) is 4. The summed E-state index contributed by atoms with van der Waals surface area (Å²) >= 11 is 0. The molecule has 0 aliphatic rings. The summed E-state index contributed by atoms with van der Waals surface area (Å²) in [6, 6.07) is 15.8. The highest BCUT2D eigenvalue weighted by atomic mass is 16.5. The van der Waals surface area contributed by atoms with Gasteiger partial charge in [-0.3, -0.25) is 9.59 Å². The van der Waals surface area contributed by atoms with E-state index in [1.165, 1.54) is 4.90 Å². The molecular formula is C22H26N2O4. The van der Waals surface area contributed by atoms with Crippen LogP contribution in [0.4, 0.5) is 0 Å². The number of nitrogens with zero attached hydrogens (tertiary/aromatic N) is 1. The normalized spacial score (nSPS) is 11.2. The van der Waals surface area contributed by atoms with Crippen molar-refractivity contribution in [2.75, 3.05) is 20.3 Å². The lowest BCUT2D eigenvalue weighted by Crippen LogP contribution is -2.49. The van der Waals surface area contributed by atoms with Crippen molar-refractivity contribution in [1.29, 1.82) is 0 Å². The van der Waals surface area contributed by atoms with Crippen LogP contribution in [0, 0.1) is 0 Å². The molecule has 0 radical (unpaired) electrons. The minimum atomic E-state index is -0.658. The molecule has 0 bridgehead atoms. The third-order valence-electron chi connectivity index (χ3n) is 4.21. The fourth-order valence-corrected chi connectivity index (χ4v) is 2.58. The van der Waals surface area contributed by atoms with Gasteiger partial charge in [0, 0.05) is 13.1 Å². The Bertz CT molecular complexity index is 775. The van der Waals surface area contributed by atoms with Crippen LogP contribution in [0.25, 0.3) is 0 Å². The van der Waals surface area contributed by atoms with Crippen LogP contribution in [0.15, 0.2) is 67.3 Å². The van der Waals surface area contributed by atoms with Gasteiger partial charge in [-0.25, -0.2) is 0 Å². The van der Waals surface area contributed by atoms with Gasteiger partial charge in [-0.05, 0) is 36.8 Å². The minimum absolute atomic E-state index is 0.154. The number of hydrogen-bond donors (Lipinski definition) is 1. The minimum Gasteiger partial charge on any atom is -0.497 e. The second-order valence-electron chi connectivity index (χ2n) is 6.18. The molecule has 0 unspecified atom stereocenters. The molecule has 28 heavy (non-hydrogen) atoms. The fraction of sp³-hybridized carbons (Fsp3) is 0.273. The van der Waals surface area contributed by atoms with Gasteiger partial charge in [-0.1, -0.05) is 36.4 Å². The predicted octanol–water partition coefficient (Wildman–Crippen LogP) is 2.79. The van der Waals surface area contributed by atoms with Gasteiger partial charge in [-0.15, -0.1) is 6.58 Å². The highest BCUT2D eigenvalue weighted by molar-refractivity contribution is 5.88. The van der Waals surface area contributed by atoms with E-state index in [0.717, 1.165) is 11.3 Å². The molecule has 6 heteroatoms. The lowest BCUT2D eigenvalue weighted by atomic mass is 10.1. The van der Waals surface area contributed by atoms with E-state index in [9.17, 15) is 9.59 Å². The van der Waals surface area contributed by atoms with Crippen LogP contribution in [-0.2, 0) is 16.1 Å². The third-order valence-corrected chi connectivity index (χ3v) is 4.21. The first-order valence-corrected chi connectivity index (χ1v) is 9.04. The van der Waals surface area contributed by atoms with Gasteiger partial charge in [0.25, 0.3) is 5.91 Å². The summed E-state index contributed by atoms with van der Waals surface area (Å²) in [7, 11) is 1.60. The van der Waals surface area contributed by atoms with Crippen LogP contribution in [0.5, 0.6) is 11.5 Å². The zero-order valence-corrected chi connectivity index (χ0v) is 16.3. The zero-order chi connectivity index (χ0) is 20.4. The molecule has 0 saturated carbocycles. The Hall–Kier alpha value is -3.28. The van der Waals surface area contributed by atoms with E-state index < -0.39 is 6.04 Å². The lowest BCUT2D eigenvalue weighted by molar-refractivity contribution is -0.142. The van der Waals surface area contributed by atoms with Crippen LogP contribution < -0.4 is 14.8 Å². The zero-order valence-electron chi connectivity index (χ0n) is 16.3. The van der Waals surface area contributed by atoms with Crippen molar-refractivity contribution >= 4 is 11.8 Å². The highest BCUT2D eigenvalue weighted by Gasteiger charge is 2.26. The van der Waals surface area contributed by atoms with Crippen LogP contribution in [0.2, 0.25) is 0 Å². The molecule has 148 valence electrons. The average Bonchev–Trinajstić information content (AvgIpc) is 2.74. The van der Waals surface area contributed by atoms with Crippen molar-refractivity contribution in [2.24, 2.45) is 0 Å². The molecule has 0 aliphatic heterocycles. The largest absolute Gasteiger partial charge is 0.497 e. The quantitative estimate of drug-likeness (QED) is 0.642. The molecule has 2 aromatic carbocycles. The molecule has 0 aromatic heterocycles. The van der Waals surface area contributed by atoms with Crippen molar-refractivity contribution in [1.82, 2.24) is 10.2 Å². The summed E-state index contributed by atoms with van der Waals surface area (Å²) in [5.41, 5.74) is 0.886. The van der Waals surface area contributed by atoms with Crippen LogP contribution in [0.3, 0.4) is 0 Å². The van der Waals surface area contributed by atoms with Crippen LogP contribution in [-0.4, -0.2) is 43.0 Å². The van der Waals surface area contributed by atoms with Crippen molar-refractivity contribution in [3.8, 4) is 11.5 Å². The molecule has 0 spiro atoms. The maximum absolute atomic E-state index is 12.8. The van der Waals surface area contributed by atoms with Gasteiger partial charge in [-0.2, -0.15) is 0 Å². The standard InChI is InChI=1S/C22H26N2O4/c1-4-14-23-22(26)17(2)24(15-18-10-12-19(27-3)13-11-18)21(25)16-28-20-8-6-5-7-9-20/h4-13,17H,1,14-16H2,2-3H3,(H,23,26)/t17-/m1/s1. The number of methoxy groups -OCH3 is 1. The second kappa shape index (κ2) is 10.8. The smallest absolute Gasteiger partial charge is 0.261 e. The molecule has 0 fully saturated rings. The van der Waals surface area contributed by atoms with E-state index in [4.69, 9.17) is 9.47 Å². The van der Waals surface area contributed by atoms with Gasteiger partial charge in [0.15, 0.2) is 6.61 Å². The first-order chi connectivity index (χ1) is 13.5. The molecule has 2 amide bonds. The SMILES string of the molecule is C=CCNC(=O)[C@@H](C)N(Cc1ccc(OC)cc1)C(=O)COc1ccccc1. The first-order valence-electron chi connectivity index (χ1n) is 9.04. The Morgan fingerprint density at radius 3 is 2.39 bits per heavy atom. The summed E-state index contributed by atoms with van der Waals surface area (Å²) in [5.74, 6) is 0.803. The van der Waals surface area contributed by atoms with Gasteiger partial charge < -0.3 is 19.7 Å². The Morgan fingerprint density at radius 1 is 1.11 bits per heavy atom. The summed E-state index contributed by atoms with van der Waals surface area (Å²) in [6.07, 6.45) is 1.60. The Balaban J connectivity index is 2.12. The summed E-state index contributed by atoms with van der Waals surface area (Å²) in [5, 5.41) is 2.73. The average molecular weight is 382 g/mol. The van der Waals surface area contributed by atoms with Crippen molar-refractivity contribution in [3.63, 3.8) is 0 Å². The molecule has 0 heterocycles. The molecule has 1 N–H and O–H groups in total. The number of nitrogens with one attached hydrogen (secondary N) is 1. The van der Waals surface area contributed by atoms with Crippen LogP contribution >= 0.6 is 0 Å². The van der Waals surface area contributed by atoms with Gasteiger partial charge >= 0.3 is 0 Å². The number of amides is 2. The Labute approximate surface area is 165 Å². The van der Waals surface area contributed by atoms with Gasteiger partial charge in [0.1, 0.15) is 17.5 Å². The molecule has 0 saturated heterocycles. The number of benzene rings is 2. The van der Waals surface area contributed by atoms with E-state index in [2.05, 4.69) is 11.9 Å². The molecule has 6 nitrogen and oxygen atoms in total. The van der Waals surface area contributed by atoms with E-state index in [-0.39, 0.29) is 25.0 Å². The molecule has 0 aliphatic carbocycles. The van der Waals surface area contributed by atoms with E-state index in [1.807, 2.05) is 42.5 Å². The fourth-order valence-electron chi connectivity index (χ4n) is 2.58. The van der Waals surface area contributed by atoms with Crippen molar-refractivity contribution < 1.29 is 19.1 Å². The number of rotatable bonds is 10. The van der Waals surface area contributed by atoms with E-state index in [1.54, 1.807) is 32.2 Å². The first kappa shape index (κ1) is 21.0. The van der Waals surface area contributed by atoms with E-state index >= 15 is 0 Å².